The van der Waals surface area contributed by atoms with Crippen molar-refractivity contribution in [1.82, 2.24) is 0 Å². The molecule has 0 fully saturated rings. The van der Waals surface area contributed by atoms with E-state index in [1.807, 2.05) is 0 Å². The predicted octanol–water partition coefficient (Wildman–Crippen LogP) is 11.4. The summed E-state index contributed by atoms with van der Waals surface area (Å²) in [6.45, 7) is 11.3. The summed E-state index contributed by atoms with van der Waals surface area (Å²) in [5.41, 5.74) is 9.87. The lowest BCUT2D eigenvalue weighted by Gasteiger charge is -2.22. The van der Waals surface area contributed by atoms with Crippen LogP contribution in [-0.2, 0) is 32.1 Å². The fourth-order valence-corrected chi connectivity index (χ4v) is 5.81. The lowest BCUT2D eigenvalue weighted by molar-refractivity contribution is 0.691. The molecule has 0 aliphatic heterocycles. The second-order valence-electron chi connectivity index (χ2n) is 12.0. The summed E-state index contributed by atoms with van der Waals surface area (Å²) in [4.78, 5) is 0. The summed E-state index contributed by atoms with van der Waals surface area (Å²) in [7, 11) is 0. The van der Waals surface area contributed by atoms with Crippen LogP contribution in [0.4, 0.5) is 0 Å². The van der Waals surface area contributed by atoms with Gasteiger partial charge in [0.05, 0.1) is 11.4 Å². The number of aryl methyl sites for hydroxylation is 5. The molecule has 0 saturated carbocycles. The van der Waals surface area contributed by atoms with E-state index in [1.165, 1.54) is 86.5 Å². The molecule has 0 bridgehead atoms. The molecule has 2 aromatic carbocycles. The first-order valence-corrected chi connectivity index (χ1v) is 16.9. The van der Waals surface area contributed by atoms with Crippen LogP contribution in [0.3, 0.4) is 0 Å². The highest BCUT2D eigenvalue weighted by molar-refractivity contribution is 6.41. The molecule has 1 unspecified atom stereocenters. The molecule has 2 rings (SSSR count). The fraction of sp³-hybridized carbons (Fsp3) is 0.632. The highest BCUT2D eigenvalue weighted by Crippen LogP contribution is 2.29. The Morgan fingerprint density at radius 2 is 1.05 bits per heavy atom. The maximum Gasteiger partial charge on any atom is 0.0596 e. The van der Waals surface area contributed by atoms with Crippen LogP contribution in [0.5, 0.6) is 0 Å². The van der Waals surface area contributed by atoms with Crippen molar-refractivity contribution >= 4 is 11.4 Å². The Morgan fingerprint density at radius 1 is 0.550 bits per heavy atom. The molecule has 1 atom stereocenters. The summed E-state index contributed by atoms with van der Waals surface area (Å²) in [5, 5.41) is 17.8. The fourth-order valence-electron chi connectivity index (χ4n) is 5.81. The SMILES string of the molecule is CCCCC(=N)C(=N)C(CCCc1ccc(CCCC)c(CCCC)c1)c1ccc(CCCC)c(CCCC)c1. The van der Waals surface area contributed by atoms with E-state index in [9.17, 15) is 0 Å². The monoisotopic (exact) mass is 544 g/mol. The van der Waals surface area contributed by atoms with Gasteiger partial charge in [0.25, 0.3) is 0 Å². The van der Waals surface area contributed by atoms with Crippen molar-refractivity contribution in [3.8, 4) is 0 Å². The predicted molar refractivity (Wildman–Crippen MR) is 178 cm³/mol. The standard InChI is InChI=1S/C38H60N2/c1-6-11-18-31-25-24-30(28-33(31)20-13-8-3)17-16-22-36(38(40)37(39)23-15-10-5)35-27-26-32(19-12-7-2)34(29-35)21-14-9-4/h24-29,36,39-40H,6-23H2,1-5H3. The first kappa shape index (κ1) is 34.0. The van der Waals surface area contributed by atoms with Crippen LogP contribution in [0.25, 0.3) is 0 Å². The smallest absolute Gasteiger partial charge is 0.0596 e. The Morgan fingerprint density at radius 3 is 1.60 bits per heavy atom. The van der Waals surface area contributed by atoms with E-state index in [4.69, 9.17) is 10.8 Å². The highest BCUT2D eigenvalue weighted by atomic mass is 14.5. The van der Waals surface area contributed by atoms with E-state index in [2.05, 4.69) is 71.0 Å². The number of rotatable bonds is 22. The van der Waals surface area contributed by atoms with Gasteiger partial charge in [-0.3, -0.25) is 0 Å². The first-order valence-electron chi connectivity index (χ1n) is 16.9. The molecular formula is C38H60N2. The van der Waals surface area contributed by atoms with Crippen LogP contribution in [-0.4, -0.2) is 11.4 Å². The Balaban J connectivity index is 2.27. The van der Waals surface area contributed by atoms with E-state index < -0.39 is 0 Å². The largest absolute Gasteiger partial charge is 0.303 e. The third kappa shape index (κ3) is 11.3. The summed E-state index contributed by atoms with van der Waals surface area (Å²) >= 11 is 0. The molecule has 2 heteroatoms. The molecule has 2 N–H and O–H groups in total. The van der Waals surface area contributed by atoms with Gasteiger partial charge in [-0.2, -0.15) is 0 Å². The second-order valence-corrected chi connectivity index (χ2v) is 12.0. The van der Waals surface area contributed by atoms with Crippen molar-refractivity contribution in [3.05, 3.63) is 69.8 Å². The van der Waals surface area contributed by atoms with Gasteiger partial charge in [0, 0.05) is 5.92 Å². The second kappa shape index (κ2) is 19.8. The summed E-state index contributed by atoms with van der Waals surface area (Å²) in [6, 6.07) is 14.3. The van der Waals surface area contributed by atoms with Crippen LogP contribution in [0.15, 0.2) is 36.4 Å². The van der Waals surface area contributed by atoms with Crippen LogP contribution in [0, 0.1) is 10.8 Å². The number of nitrogens with one attached hydrogen (secondary N) is 2. The minimum absolute atomic E-state index is 0.0216. The van der Waals surface area contributed by atoms with Gasteiger partial charge in [-0.25, -0.2) is 0 Å². The van der Waals surface area contributed by atoms with Crippen LogP contribution in [0.2, 0.25) is 0 Å². The number of unbranched alkanes of at least 4 members (excludes halogenated alkanes) is 5. The first-order chi connectivity index (χ1) is 19.5. The number of benzene rings is 2. The van der Waals surface area contributed by atoms with Crippen molar-refractivity contribution in [2.75, 3.05) is 0 Å². The Kier molecular flexibility index (Phi) is 16.8. The maximum absolute atomic E-state index is 9.10. The zero-order valence-corrected chi connectivity index (χ0v) is 26.8. The summed E-state index contributed by atoms with van der Waals surface area (Å²) in [5.74, 6) is 0.0216. The van der Waals surface area contributed by atoms with Gasteiger partial charge in [0.1, 0.15) is 0 Å². The molecule has 0 saturated heterocycles. The molecule has 0 spiro atoms. The Labute approximate surface area is 247 Å². The van der Waals surface area contributed by atoms with Crippen molar-refractivity contribution < 1.29 is 0 Å². The van der Waals surface area contributed by atoms with Crippen molar-refractivity contribution in [2.45, 2.75) is 156 Å². The topological polar surface area (TPSA) is 47.7 Å². The molecule has 0 heterocycles. The van der Waals surface area contributed by atoms with Gasteiger partial charge < -0.3 is 10.8 Å². The zero-order chi connectivity index (χ0) is 29.2. The molecule has 40 heavy (non-hydrogen) atoms. The number of hydrogen-bond acceptors (Lipinski definition) is 2. The molecule has 222 valence electrons. The summed E-state index contributed by atoms with van der Waals surface area (Å²) < 4.78 is 0. The maximum atomic E-state index is 9.10. The van der Waals surface area contributed by atoms with Gasteiger partial charge >= 0.3 is 0 Å². The molecule has 2 aromatic rings. The molecule has 0 radical (unpaired) electrons. The van der Waals surface area contributed by atoms with Gasteiger partial charge in [-0.05, 0) is 117 Å². The molecule has 0 aromatic heterocycles. The zero-order valence-electron chi connectivity index (χ0n) is 26.8. The van der Waals surface area contributed by atoms with Gasteiger partial charge in [0.2, 0.25) is 0 Å². The minimum atomic E-state index is 0.0216. The van der Waals surface area contributed by atoms with Crippen LogP contribution in [0.1, 0.15) is 157 Å². The van der Waals surface area contributed by atoms with Crippen molar-refractivity contribution in [1.29, 1.82) is 10.8 Å². The van der Waals surface area contributed by atoms with Crippen molar-refractivity contribution in [2.24, 2.45) is 0 Å². The quantitative estimate of drug-likeness (QED) is 0.138. The van der Waals surface area contributed by atoms with Crippen LogP contribution >= 0.6 is 0 Å². The Bertz CT molecular complexity index is 1020. The molecule has 0 amide bonds. The normalized spacial score (nSPS) is 12.0. The van der Waals surface area contributed by atoms with Crippen molar-refractivity contribution in [3.63, 3.8) is 0 Å². The highest BCUT2D eigenvalue weighted by Gasteiger charge is 2.21. The van der Waals surface area contributed by atoms with E-state index in [1.54, 1.807) is 11.1 Å². The van der Waals surface area contributed by atoms with E-state index in [0.29, 0.717) is 11.4 Å². The average Bonchev–Trinajstić information content (AvgIpc) is 2.98. The van der Waals surface area contributed by atoms with Gasteiger partial charge in [0.15, 0.2) is 0 Å². The Hall–Kier alpha value is -2.22. The average molecular weight is 545 g/mol. The molecule has 0 aliphatic rings. The molecular weight excluding hydrogens is 484 g/mol. The number of hydrogen-bond donors (Lipinski definition) is 2. The van der Waals surface area contributed by atoms with Gasteiger partial charge in [-0.1, -0.05) is 103 Å². The lowest BCUT2D eigenvalue weighted by atomic mass is 9.83. The van der Waals surface area contributed by atoms with E-state index in [0.717, 1.165) is 51.4 Å². The molecule has 0 aliphatic carbocycles. The van der Waals surface area contributed by atoms with Crippen LogP contribution < -0.4 is 0 Å². The minimum Gasteiger partial charge on any atom is -0.303 e. The van der Waals surface area contributed by atoms with E-state index in [-0.39, 0.29) is 5.92 Å². The van der Waals surface area contributed by atoms with E-state index >= 15 is 0 Å². The lowest BCUT2D eigenvalue weighted by Crippen LogP contribution is -2.21. The third-order valence-electron chi connectivity index (χ3n) is 8.51. The van der Waals surface area contributed by atoms with Gasteiger partial charge in [-0.15, -0.1) is 0 Å². The molecule has 2 nitrogen and oxygen atoms in total. The summed E-state index contributed by atoms with van der Waals surface area (Å²) in [6.07, 6.45) is 20.4. The third-order valence-corrected chi connectivity index (χ3v) is 8.51.